The van der Waals surface area contributed by atoms with Crippen LogP contribution in [0.5, 0.6) is 0 Å². The molecular formula is C16H13FN2O2. The lowest BCUT2D eigenvalue weighted by atomic mass is 10.1. The van der Waals surface area contributed by atoms with E-state index < -0.39 is 5.82 Å². The quantitative estimate of drug-likeness (QED) is 0.849. The Hall–Kier alpha value is -2.71. The molecule has 21 heavy (non-hydrogen) atoms. The van der Waals surface area contributed by atoms with Gasteiger partial charge in [0.1, 0.15) is 5.82 Å². The maximum Gasteiger partial charge on any atom is 0.255 e. The van der Waals surface area contributed by atoms with Crippen LogP contribution in [0.2, 0.25) is 0 Å². The molecule has 2 N–H and O–H groups in total. The van der Waals surface area contributed by atoms with E-state index in [0.717, 1.165) is 0 Å². The molecule has 1 amide bonds. The average molecular weight is 284 g/mol. The van der Waals surface area contributed by atoms with Crippen LogP contribution in [-0.2, 0) is 0 Å². The van der Waals surface area contributed by atoms with Crippen molar-refractivity contribution in [2.75, 3.05) is 11.9 Å². The van der Waals surface area contributed by atoms with E-state index in [4.69, 9.17) is 5.11 Å². The van der Waals surface area contributed by atoms with Gasteiger partial charge in [0.2, 0.25) is 0 Å². The maximum absolute atomic E-state index is 13.6. The minimum Gasteiger partial charge on any atom is -0.395 e. The number of carbonyl (C=O) groups excluding carboxylic acids is 1. The van der Waals surface area contributed by atoms with E-state index in [1.54, 1.807) is 12.1 Å². The van der Waals surface area contributed by atoms with Gasteiger partial charge in [0, 0.05) is 30.1 Å². The summed E-state index contributed by atoms with van der Waals surface area (Å²) in [5.74, 6) is 4.49. The number of halogens is 1. The highest BCUT2D eigenvalue weighted by atomic mass is 19.1. The van der Waals surface area contributed by atoms with Crippen LogP contribution in [-0.4, -0.2) is 22.6 Å². The summed E-state index contributed by atoms with van der Waals surface area (Å²) in [6, 6.07) is 7.33. The Morgan fingerprint density at radius 3 is 2.76 bits per heavy atom. The predicted octanol–water partition coefficient (Wildman–Crippen LogP) is 2.21. The van der Waals surface area contributed by atoms with Crippen LogP contribution in [0, 0.1) is 17.7 Å². The number of pyridine rings is 1. The van der Waals surface area contributed by atoms with Crippen molar-refractivity contribution in [2.45, 2.75) is 6.42 Å². The number of amides is 1. The van der Waals surface area contributed by atoms with Gasteiger partial charge in [0.15, 0.2) is 0 Å². The Kier molecular flexibility index (Phi) is 5.02. The Labute approximate surface area is 121 Å². The van der Waals surface area contributed by atoms with Gasteiger partial charge in [-0.2, -0.15) is 0 Å². The summed E-state index contributed by atoms with van der Waals surface area (Å²) in [7, 11) is 0. The Morgan fingerprint density at radius 1 is 1.29 bits per heavy atom. The van der Waals surface area contributed by atoms with E-state index in [1.165, 1.54) is 30.6 Å². The van der Waals surface area contributed by atoms with Gasteiger partial charge in [0.25, 0.3) is 5.91 Å². The van der Waals surface area contributed by atoms with Crippen molar-refractivity contribution in [1.29, 1.82) is 0 Å². The molecule has 0 saturated heterocycles. The summed E-state index contributed by atoms with van der Waals surface area (Å²) in [6.07, 6.45) is 3.31. The number of hydrogen-bond acceptors (Lipinski definition) is 3. The average Bonchev–Trinajstić information content (AvgIpc) is 2.51. The third kappa shape index (κ3) is 4.13. The maximum atomic E-state index is 13.6. The standard InChI is InChI=1S/C16H13FN2O2/c17-15-5-4-14(11-13(15)3-1-2-10-20)19-16(21)12-6-8-18-9-7-12/h4-9,11,20H,2,10H2,(H,19,21). The van der Waals surface area contributed by atoms with Gasteiger partial charge in [0.05, 0.1) is 12.2 Å². The Morgan fingerprint density at radius 2 is 2.05 bits per heavy atom. The molecule has 0 unspecified atom stereocenters. The highest BCUT2D eigenvalue weighted by Gasteiger charge is 2.07. The molecule has 0 saturated carbocycles. The van der Waals surface area contributed by atoms with E-state index in [-0.39, 0.29) is 24.5 Å². The Balaban J connectivity index is 2.16. The van der Waals surface area contributed by atoms with Crippen LogP contribution in [0.3, 0.4) is 0 Å². The van der Waals surface area contributed by atoms with Crippen molar-refractivity contribution < 1.29 is 14.3 Å². The summed E-state index contributed by atoms with van der Waals surface area (Å²) in [5.41, 5.74) is 1.09. The third-order valence-corrected chi connectivity index (χ3v) is 2.63. The third-order valence-electron chi connectivity index (χ3n) is 2.63. The molecular weight excluding hydrogens is 271 g/mol. The van der Waals surface area contributed by atoms with Crippen molar-refractivity contribution in [3.05, 3.63) is 59.7 Å². The SMILES string of the molecule is O=C(Nc1ccc(F)c(C#CCCO)c1)c1ccncc1. The van der Waals surface area contributed by atoms with E-state index in [2.05, 4.69) is 22.1 Å². The van der Waals surface area contributed by atoms with Crippen molar-refractivity contribution >= 4 is 11.6 Å². The topological polar surface area (TPSA) is 62.2 Å². The lowest BCUT2D eigenvalue weighted by Gasteiger charge is -2.06. The molecule has 0 spiro atoms. The molecule has 0 radical (unpaired) electrons. The summed E-state index contributed by atoms with van der Waals surface area (Å²) in [5, 5.41) is 11.3. The van der Waals surface area contributed by atoms with E-state index >= 15 is 0 Å². The summed E-state index contributed by atoms with van der Waals surface area (Å²) in [6.45, 7) is -0.0763. The summed E-state index contributed by atoms with van der Waals surface area (Å²) in [4.78, 5) is 15.8. The zero-order chi connectivity index (χ0) is 15.1. The molecule has 4 nitrogen and oxygen atoms in total. The van der Waals surface area contributed by atoms with E-state index in [0.29, 0.717) is 11.3 Å². The molecule has 1 aromatic carbocycles. The van der Waals surface area contributed by atoms with E-state index in [1.807, 2.05) is 0 Å². The molecule has 1 heterocycles. The smallest absolute Gasteiger partial charge is 0.255 e. The molecule has 0 atom stereocenters. The zero-order valence-corrected chi connectivity index (χ0v) is 11.1. The number of aromatic nitrogens is 1. The van der Waals surface area contributed by atoms with Crippen LogP contribution in [0.4, 0.5) is 10.1 Å². The second kappa shape index (κ2) is 7.17. The lowest BCUT2D eigenvalue weighted by Crippen LogP contribution is -2.12. The number of aliphatic hydroxyl groups excluding tert-OH is 1. The monoisotopic (exact) mass is 284 g/mol. The number of rotatable bonds is 3. The highest BCUT2D eigenvalue weighted by Crippen LogP contribution is 2.15. The number of aliphatic hydroxyl groups is 1. The fraction of sp³-hybridized carbons (Fsp3) is 0.125. The van der Waals surface area contributed by atoms with Crippen molar-refractivity contribution in [3.63, 3.8) is 0 Å². The van der Waals surface area contributed by atoms with Crippen molar-refractivity contribution in [2.24, 2.45) is 0 Å². The van der Waals surface area contributed by atoms with Crippen LogP contribution >= 0.6 is 0 Å². The predicted molar refractivity (Wildman–Crippen MR) is 77.2 cm³/mol. The van der Waals surface area contributed by atoms with Gasteiger partial charge in [-0.15, -0.1) is 0 Å². The van der Waals surface area contributed by atoms with Gasteiger partial charge in [-0.05, 0) is 30.3 Å². The first-order valence-corrected chi connectivity index (χ1v) is 6.31. The van der Waals surface area contributed by atoms with Crippen molar-refractivity contribution in [1.82, 2.24) is 4.98 Å². The number of benzene rings is 1. The molecule has 0 aliphatic carbocycles. The Bertz CT molecular complexity index is 690. The first-order valence-electron chi connectivity index (χ1n) is 6.31. The fourth-order valence-electron chi connectivity index (χ4n) is 1.62. The van der Waals surface area contributed by atoms with Gasteiger partial charge in [-0.1, -0.05) is 11.8 Å². The van der Waals surface area contributed by atoms with Gasteiger partial charge < -0.3 is 10.4 Å². The normalized spacial score (nSPS) is 9.62. The molecule has 0 fully saturated rings. The molecule has 0 aliphatic rings. The molecule has 0 aliphatic heterocycles. The van der Waals surface area contributed by atoms with Crippen LogP contribution < -0.4 is 5.32 Å². The molecule has 106 valence electrons. The van der Waals surface area contributed by atoms with Gasteiger partial charge in [-0.3, -0.25) is 9.78 Å². The summed E-state index contributed by atoms with van der Waals surface area (Å²) < 4.78 is 13.6. The van der Waals surface area contributed by atoms with Gasteiger partial charge in [-0.25, -0.2) is 4.39 Å². The summed E-state index contributed by atoms with van der Waals surface area (Å²) >= 11 is 0. The largest absolute Gasteiger partial charge is 0.395 e. The van der Waals surface area contributed by atoms with Crippen molar-refractivity contribution in [3.8, 4) is 11.8 Å². The number of hydrogen-bond donors (Lipinski definition) is 2. The first kappa shape index (κ1) is 14.7. The number of carbonyl (C=O) groups is 1. The van der Waals surface area contributed by atoms with E-state index in [9.17, 15) is 9.18 Å². The molecule has 1 aromatic heterocycles. The number of nitrogens with one attached hydrogen (secondary N) is 1. The molecule has 2 aromatic rings. The fourth-order valence-corrected chi connectivity index (χ4v) is 1.62. The van der Waals surface area contributed by atoms with Crippen LogP contribution in [0.15, 0.2) is 42.7 Å². The minimum absolute atomic E-state index is 0.0763. The molecule has 2 rings (SSSR count). The highest BCUT2D eigenvalue weighted by molar-refractivity contribution is 6.04. The zero-order valence-electron chi connectivity index (χ0n) is 11.1. The second-order valence-electron chi connectivity index (χ2n) is 4.16. The number of nitrogens with zero attached hydrogens (tertiary/aromatic N) is 1. The van der Waals surface area contributed by atoms with Gasteiger partial charge >= 0.3 is 0 Å². The first-order chi connectivity index (χ1) is 10.2. The molecule has 5 heteroatoms. The number of anilines is 1. The second-order valence-corrected chi connectivity index (χ2v) is 4.16. The minimum atomic E-state index is -0.470. The van der Waals surface area contributed by atoms with Crippen LogP contribution in [0.1, 0.15) is 22.3 Å². The van der Waals surface area contributed by atoms with Crippen LogP contribution in [0.25, 0.3) is 0 Å². The molecule has 0 bridgehead atoms. The lowest BCUT2D eigenvalue weighted by molar-refractivity contribution is 0.102.